The molecule has 1 aliphatic heterocycles. The summed E-state index contributed by atoms with van der Waals surface area (Å²) in [6.45, 7) is 8.01. The SMILES string of the molecule is CC(C)(C)OC(=O)N(CCCNC(=O)CCN1CCCC1=O)Cc1cccnc1. The number of ether oxygens (including phenoxy) is 1. The van der Waals surface area contributed by atoms with Crippen LogP contribution >= 0.6 is 0 Å². The molecule has 1 saturated heterocycles. The van der Waals surface area contributed by atoms with Gasteiger partial charge in [-0.2, -0.15) is 0 Å². The van der Waals surface area contributed by atoms with Gasteiger partial charge >= 0.3 is 6.09 Å². The maximum atomic E-state index is 12.5. The molecule has 1 aromatic rings. The molecule has 29 heavy (non-hydrogen) atoms. The fourth-order valence-corrected chi connectivity index (χ4v) is 3.04. The van der Waals surface area contributed by atoms with Crippen molar-refractivity contribution < 1.29 is 19.1 Å². The lowest BCUT2D eigenvalue weighted by atomic mass is 10.2. The van der Waals surface area contributed by atoms with Crippen LogP contribution in [0.1, 0.15) is 52.0 Å². The van der Waals surface area contributed by atoms with Crippen LogP contribution in [0.5, 0.6) is 0 Å². The molecule has 1 N–H and O–H groups in total. The van der Waals surface area contributed by atoms with Crippen molar-refractivity contribution in [3.05, 3.63) is 30.1 Å². The van der Waals surface area contributed by atoms with Crippen molar-refractivity contribution >= 4 is 17.9 Å². The molecular weight excluding hydrogens is 372 g/mol. The lowest BCUT2D eigenvalue weighted by molar-refractivity contribution is -0.128. The Morgan fingerprint density at radius 3 is 2.76 bits per heavy atom. The van der Waals surface area contributed by atoms with Gasteiger partial charge in [-0.15, -0.1) is 0 Å². The molecule has 2 heterocycles. The van der Waals surface area contributed by atoms with E-state index in [1.165, 1.54) is 0 Å². The Bertz CT molecular complexity index is 688. The molecule has 160 valence electrons. The fraction of sp³-hybridized carbons (Fsp3) is 0.619. The van der Waals surface area contributed by atoms with Gasteiger partial charge in [0.2, 0.25) is 11.8 Å². The van der Waals surface area contributed by atoms with Crippen molar-refractivity contribution in [3.63, 3.8) is 0 Å². The third kappa shape index (κ3) is 8.50. The first-order valence-corrected chi connectivity index (χ1v) is 10.2. The summed E-state index contributed by atoms with van der Waals surface area (Å²) < 4.78 is 5.50. The highest BCUT2D eigenvalue weighted by molar-refractivity contribution is 5.80. The number of nitrogens with zero attached hydrogens (tertiary/aromatic N) is 3. The number of carbonyl (C=O) groups excluding carboxylic acids is 3. The number of aromatic nitrogens is 1. The van der Waals surface area contributed by atoms with Gasteiger partial charge in [-0.05, 0) is 45.2 Å². The molecule has 0 aliphatic carbocycles. The zero-order chi connectivity index (χ0) is 21.3. The molecule has 0 bridgehead atoms. The van der Waals surface area contributed by atoms with Crippen molar-refractivity contribution in [2.45, 2.75) is 58.6 Å². The lowest BCUT2D eigenvalue weighted by Crippen LogP contribution is -2.38. The molecule has 2 rings (SSSR count). The van der Waals surface area contributed by atoms with E-state index >= 15 is 0 Å². The zero-order valence-corrected chi connectivity index (χ0v) is 17.6. The van der Waals surface area contributed by atoms with Crippen LogP contribution in [0.4, 0.5) is 4.79 Å². The summed E-state index contributed by atoms with van der Waals surface area (Å²) in [5.41, 5.74) is 0.337. The van der Waals surface area contributed by atoms with Gasteiger partial charge in [0.1, 0.15) is 5.60 Å². The number of hydrogen-bond acceptors (Lipinski definition) is 5. The van der Waals surface area contributed by atoms with E-state index in [1.54, 1.807) is 22.2 Å². The normalized spacial score (nSPS) is 14.0. The second-order valence-electron chi connectivity index (χ2n) is 8.20. The monoisotopic (exact) mass is 404 g/mol. The van der Waals surface area contributed by atoms with Crippen molar-refractivity contribution in [1.29, 1.82) is 0 Å². The largest absolute Gasteiger partial charge is 0.444 e. The maximum Gasteiger partial charge on any atom is 0.410 e. The Hall–Kier alpha value is -2.64. The minimum Gasteiger partial charge on any atom is -0.444 e. The molecule has 3 amide bonds. The second kappa shape index (κ2) is 10.8. The highest BCUT2D eigenvalue weighted by Gasteiger charge is 2.23. The maximum absolute atomic E-state index is 12.5. The Balaban J connectivity index is 1.76. The summed E-state index contributed by atoms with van der Waals surface area (Å²) in [5.74, 6) is 0.0435. The van der Waals surface area contributed by atoms with Gasteiger partial charge in [-0.3, -0.25) is 14.6 Å². The Kier molecular flexibility index (Phi) is 8.42. The molecule has 0 spiro atoms. The standard InChI is InChI=1S/C21H32N4O4/c1-21(2,3)29-20(28)25(16-17-7-4-10-22-15-17)13-6-11-23-18(26)9-14-24-12-5-8-19(24)27/h4,7,10,15H,5-6,8-9,11-14,16H2,1-3H3,(H,23,26). The number of amides is 3. The van der Waals surface area contributed by atoms with Crippen LogP contribution in [0, 0.1) is 0 Å². The second-order valence-corrected chi connectivity index (χ2v) is 8.20. The zero-order valence-electron chi connectivity index (χ0n) is 17.6. The van der Waals surface area contributed by atoms with E-state index in [1.807, 2.05) is 32.9 Å². The highest BCUT2D eigenvalue weighted by atomic mass is 16.6. The smallest absolute Gasteiger partial charge is 0.410 e. The molecule has 0 atom stereocenters. The van der Waals surface area contributed by atoms with Crippen molar-refractivity contribution in [2.24, 2.45) is 0 Å². The molecule has 8 heteroatoms. The van der Waals surface area contributed by atoms with E-state index < -0.39 is 5.60 Å². The van der Waals surface area contributed by atoms with Gasteiger partial charge in [-0.25, -0.2) is 4.79 Å². The van der Waals surface area contributed by atoms with Gasteiger partial charge < -0.3 is 19.9 Å². The Morgan fingerprint density at radius 2 is 2.14 bits per heavy atom. The summed E-state index contributed by atoms with van der Waals surface area (Å²) in [6, 6.07) is 3.74. The van der Waals surface area contributed by atoms with Crippen LogP contribution in [0.25, 0.3) is 0 Å². The molecule has 1 aromatic heterocycles. The molecule has 0 radical (unpaired) electrons. The topological polar surface area (TPSA) is 91.8 Å². The Morgan fingerprint density at radius 1 is 1.34 bits per heavy atom. The Labute approximate surface area is 172 Å². The van der Waals surface area contributed by atoms with E-state index in [-0.39, 0.29) is 17.9 Å². The molecule has 0 saturated carbocycles. The summed E-state index contributed by atoms with van der Waals surface area (Å²) in [5, 5.41) is 2.86. The predicted molar refractivity (Wildman–Crippen MR) is 109 cm³/mol. The van der Waals surface area contributed by atoms with E-state index in [0.717, 1.165) is 18.5 Å². The van der Waals surface area contributed by atoms with Crippen LogP contribution < -0.4 is 5.32 Å². The van der Waals surface area contributed by atoms with Gasteiger partial charge in [0.05, 0.1) is 6.54 Å². The van der Waals surface area contributed by atoms with E-state index in [0.29, 0.717) is 45.4 Å². The van der Waals surface area contributed by atoms with E-state index in [4.69, 9.17) is 4.74 Å². The van der Waals surface area contributed by atoms with Crippen LogP contribution in [-0.2, 0) is 20.9 Å². The first-order chi connectivity index (χ1) is 13.7. The number of nitrogens with one attached hydrogen (secondary N) is 1. The lowest BCUT2D eigenvalue weighted by Gasteiger charge is -2.27. The van der Waals surface area contributed by atoms with Gasteiger partial charge in [-0.1, -0.05) is 6.07 Å². The van der Waals surface area contributed by atoms with Crippen LogP contribution in [0.2, 0.25) is 0 Å². The van der Waals surface area contributed by atoms with Gasteiger partial charge in [0.25, 0.3) is 0 Å². The van der Waals surface area contributed by atoms with Gasteiger partial charge in [0.15, 0.2) is 0 Å². The van der Waals surface area contributed by atoms with Crippen LogP contribution in [-0.4, -0.2) is 64.5 Å². The van der Waals surface area contributed by atoms with Crippen molar-refractivity contribution in [1.82, 2.24) is 20.1 Å². The first-order valence-electron chi connectivity index (χ1n) is 10.2. The number of pyridine rings is 1. The fourth-order valence-electron chi connectivity index (χ4n) is 3.04. The van der Waals surface area contributed by atoms with Gasteiger partial charge in [0, 0.05) is 51.4 Å². The van der Waals surface area contributed by atoms with Crippen LogP contribution in [0.3, 0.4) is 0 Å². The molecule has 1 fully saturated rings. The summed E-state index contributed by atoms with van der Waals surface area (Å²) in [7, 11) is 0. The van der Waals surface area contributed by atoms with Crippen molar-refractivity contribution in [2.75, 3.05) is 26.2 Å². The summed E-state index contributed by atoms with van der Waals surface area (Å²) >= 11 is 0. The molecular formula is C21H32N4O4. The third-order valence-corrected chi connectivity index (χ3v) is 4.46. The number of carbonyl (C=O) groups is 3. The average Bonchev–Trinajstić information content (AvgIpc) is 3.06. The molecule has 0 unspecified atom stereocenters. The summed E-state index contributed by atoms with van der Waals surface area (Å²) in [6.07, 6.45) is 5.38. The molecule has 0 aromatic carbocycles. The molecule has 1 aliphatic rings. The molecule has 8 nitrogen and oxygen atoms in total. The third-order valence-electron chi connectivity index (χ3n) is 4.46. The minimum absolute atomic E-state index is 0.0826. The van der Waals surface area contributed by atoms with Crippen molar-refractivity contribution in [3.8, 4) is 0 Å². The van der Waals surface area contributed by atoms with E-state index in [9.17, 15) is 14.4 Å². The quantitative estimate of drug-likeness (QED) is 0.638. The van der Waals surface area contributed by atoms with Crippen LogP contribution in [0.15, 0.2) is 24.5 Å². The first kappa shape index (κ1) is 22.6. The number of hydrogen-bond donors (Lipinski definition) is 1. The number of likely N-dealkylation sites (tertiary alicyclic amines) is 1. The van der Waals surface area contributed by atoms with E-state index in [2.05, 4.69) is 10.3 Å². The highest BCUT2D eigenvalue weighted by Crippen LogP contribution is 2.13. The minimum atomic E-state index is -0.578. The number of rotatable bonds is 9. The predicted octanol–water partition coefficient (Wildman–Crippen LogP) is 2.34. The summed E-state index contributed by atoms with van der Waals surface area (Å²) in [4.78, 5) is 43.5. The average molecular weight is 405 g/mol.